The molecule has 0 spiro atoms. The lowest BCUT2D eigenvalue weighted by Gasteiger charge is -2.12. The van der Waals surface area contributed by atoms with Gasteiger partial charge in [0.05, 0.1) is 23.0 Å². The van der Waals surface area contributed by atoms with Gasteiger partial charge in [0.1, 0.15) is 11.5 Å². The largest absolute Gasteiger partial charge is 0.504 e. The van der Waals surface area contributed by atoms with Gasteiger partial charge in [0.25, 0.3) is 0 Å². The van der Waals surface area contributed by atoms with E-state index in [-0.39, 0.29) is 0 Å². The van der Waals surface area contributed by atoms with Crippen LogP contribution in [0.3, 0.4) is 0 Å². The van der Waals surface area contributed by atoms with Crippen molar-refractivity contribution in [3.05, 3.63) is 82.8 Å². The molecule has 0 saturated heterocycles. The third-order valence-electron chi connectivity index (χ3n) is 3.37. The predicted octanol–water partition coefficient (Wildman–Crippen LogP) is 5.34. The molecule has 0 N–H and O–H groups in total. The molecular formula is C21H16INO5. The van der Waals surface area contributed by atoms with Gasteiger partial charge in [-0.25, -0.2) is 9.78 Å². The quantitative estimate of drug-likeness (QED) is 0.147. The fourth-order valence-corrected chi connectivity index (χ4v) is 2.63. The minimum atomic E-state index is -0.570. The molecule has 0 saturated carbocycles. The minimum absolute atomic E-state index is 0.291. The molecule has 142 valence electrons. The first-order chi connectivity index (χ1) is 13.7. The zero-order valence-corrected chi connectivity index (χ0v) is 17.0. The normalized spacial score (nSPS) is 10.5. The van der Waals surface area contributed by atoms with E-state index in [2.05, 4.69) is 27.6 Å². The highest BCUT2D eigenvalue weighted by atomic mass is 127. The van der Waals surface area contributed by atoms with Crippen molar-refractivity contribution in [3.8, 4) is 28.9 Å². The summed E-state index contributed by atoms with van der Waals surface area (Å²) in [6.07, 6.45) is 4.09. The first-order valence-electron chi connectivity index (χ1n) is 8.22. The summed E-state index contributed by atoms with van der Waals surface area (Å²) in [5.41, 5.74) is 0. The van der Waals surface area contributed by atoms with Crippen LogP contribution in [0.25, 0.3) is 0 Å². The summed E-state index contributed by atoms with van der Waals surface area (Å²) in [5, 5.41) is 0. The molecule has 0 fully saturated rings. The summed E-state index contributed by atoms with van der Waals surface area (Å²) in [5.74, 6) is 1.73. The predicted molar refractivity (Wildman–Crippen MR) is 112 cm³/mol. The van der Waals surface area contributed by atoms with Gasteiger partial charge in [-0.1, -0.05) is 18.2 Å². The number of aromatic nitrogens is 1. The van der Waals surface area contributed by atoms with Crippen molar-refractivity contribution in [1.82, 2.24) is 4.98 Å². The van der Waals surface area contributed by atoms with Gasteiger partial charge in [-0.15, -0.1) is 0 Å². The van der Waals surface area contributed by atoms with Crippen LogP contribution in [-0.4, -0.2) is 18.1 Å². The number of rotatable bonds is 7. The van der Waals surface area contributed by atoms with Crippen molar-refractivity contribution in [1.29, 1.82) is 0 Å². The lowest BCUT2D eigenvalue weighted by atomic mass is 10.3. The van der Waals surface area contributed by atoms with Gasteiger partial charge in [-0.2, -0.15) is 0 Å². The number of methoxy groups -OCH3 is 1. The Balaban J connectivity index is 1.77. The molecule has 0 amide bonds. The second kappa shape index (κ2) is 9.75. The van der Waals surface area contributed by atoms with E-state index in [1.165, 1.54) is 19.4 Å². The molecule has 2 aromatic carbocycles. The van der Waals surface area contributed by atoms with E-state index in [4.69, 9.17) is 18.9 Å². The molecule has 0 aliphatic rings. The lowest BCUT2D eigenvalue weighted by molar-refractivity contribution is -0.129. The number of carbonyl (C=O) groups excluding carboxylic acids is 1. The standard InChI is InChI=1S/C21H16INO5/c1-25-13-11-20(24)28-19-10-3-2-9-18(19)26-15-6-4-7-16(14-15)27-21-17(22)8-5-12-23-21/h2-14H,1H3. The summed E-state index contributed by atoms with van der Waals surface area (Å²) in [4.78, 5) is 16.0. The Morgan fingerprint density at radius 1 is 0.964 bits per heavy atom. The Hall–Kier alpha value is -3.07. The molecular weight excluding hydrogens is 473 g/mol. The third kappa shape index (κ3) is 5.46. The van der Waals surface area contributed by atoms with E-state index in [0.29, 0.717) is 28.9 Å². The molecule has 0 atom stereocenters. The highest BCUT2D eigenvalue weighted by Crippen LogP contribution is 2.34. The molecule has 6 nitrogen and oxygen atoms in total. The zero-order valence-electron chi connectivity index (χ0n) is 14.9. The van der Waals surface area contributed by atoms with Gasteiger partial charge in [-0.3, -0.25) is 0 Å². The van der Waals surface area contributed by atoms with Gasteiger partial charge in [0, 0.05) is 12.3 Å². The number of halogens is 1. The Kier molecular flexibility index (Phi) is 6.85. The number of hydrogen-bond acceptors (Lipinski definition) is 6. The molecule has 28 heavy (non-hydrogen) atoms. The van der Waals surface area contributed by atoms with Gasteiger partial charge >= 0.3 is 5.97 Å². The topological polar surface area (TPSA) is 66.9 Å². The highest BCUT2D eigenvalue weighted by Gasteiger charge is 2.10. The van der Waals surface area contributed by atoms with Crippen molar-refractivity contribution < 1.29 is 23.7 Å². The van der Waals surface area contributed by atoms with Crippen LogP contribution in [0.4, 0.5) is 0 Å². The highest BCUT2D eigenvalue weighted by molar-refractivity contribution is 14.1. The first-order valence-corrected chi connectivity index (χ1v) is 9.30. The number of para-hydroxylation sites is 2. The number of carbonyl (C=O) groups is 1. The van der Waals surface area contributed by atoms with Crippen molar-refractivity contribution in [3.63, 3.8) is 0 Å². The zero-order chi connectivity index (χ0) is 19.8. The Morgan fingerprint density at radius 3 is 2.46 bits per heavy atom. The molecule has 0 unspecified atom stereocenters. The fraction of sp³-hybridized carbons (Fsp3) is 0.0476. The van der Waals surface area contributed by atoms with Gasteiger partial charge in [0.15, 0.2) is 11.5 Å². The molecule has 0 bridgehead atoms. The van der Waals surface area contributed by atoms with Crippen LogP contribution >= 0.6 is 22.6 Å². The molecule has 7 heteroatoms. The van der Waals surface area contributed by atoms with Crippen LogP contribution in [-0.2, 0) is 9.53 Å². The molecule has 0 radical (unpaired) electrons. The van der Waals surface area contributed by atoms with E-state index in [1.807, 2.05) is 12.1 Å². The van der Waals surface area contributed by atoms with Crippen molar-refractivity contribution in [2.75, 3.05) is 7.11 Å². The van der Waals surface area contributed by atoms with Crippen LogP contribution in [0.1, 0.15) is 0 Å². The average molecular weight is 489 g/mol. The second-order valence-corrected chi connectivity index (χ2v) is 6.54. The number of pyridine rings is 1. The van der Waals surface area contributed by atoms with E-state index in [0.717, 1.165) is 3.57 Å². The average Bonchev–Trinajstić information content (AvgIpc) is 2.70. The summed E-state index contributed by atoms with van der Waals surface area (Å²) in [6.45, 7) is 0. The Labute approximate surface area is 175 Å². The van der Waals surface area contributed by atoms with E-state index >= 15 is 0 Å². The van der Waals surface area contributed by atoms with Gasteiger partial charge in [0.2, 0.25) is 5.88 Å². The molecule has 0 aliphatic heterocycles. The van der Waals surface area contributed by atoms with Crippen molar-refractivity contribution >= 4 is 28.6 Å². The molecule has 3 rings (SSSR count). The summed E-state index contributed by atoms with van der Waals surface area (Å²) in [7, 11) is 1.45. The van der Waals surface area contributed by atoms with E-state index < -0.39 is 5.97 Å². The number of benzene rings is 2. The fourth-order valence-electron chi connectivity index (χ4n) is 2.17. The van der Waals surface area contributed by atoms with Crippen LogP contribution < -0.4 is 14.2 Å². The maximum Gasteiger partial charge on any atom is 0.339 e. The Morgan fingerprint density at radius 2 is 1.71 bits per heavy atom. The minimum Gasteiger partial charge on any atom is -0.504 e. The third-order valence-corrected chi connectivity index (χ3v) is 4.19. The lowest BCUT2D eigenvalue weighted by Crippen LogP contribution is -2.05. The molecule has 0 aliphatic carbocycles. The number of esters is 1. The number of nitrogens with zero attached hydrogens (tertiary/aromatic N) is 1. The number of ether oxygens (including phenoxy) is 4. The van der Waals surface area contributed by atoms with Crippen LogP contribution in [0, 0.1) is 3.57 Å². The van der Waals surface area contributed by atoms with E-state index in [1.54, 1.807) is 54.7 Å². The van der Waals surface area contributed by atoms with Crippen LogP contribution in [0.5, 0.6) is 28.9 Å². The van der Waals surface area contributed by atoms with Crippen molar-refractivity contribution in [2.24, 2.45) is 0 Å². The van der Waals surface area contributed by atoms with E-state index in [9.17, 15) is 4.79 Å². The number of hydrogen-bond donors (Lipinski definition) is 0. The summed E-state index contributed by atoms with van der Waals surface area (Å²) in [6, 6.07) is 17.7. The van der Waals surface area contributed by atoms with Crippen LogP contribution in [0.2, 0.25) is 0 Å². The molecule has 1 aromatic heterocycles. The smallest absolute Gasteiger partial charge is 0.339 e. The Bertz CT molecular complexity index is 990. The first kappa shape index (κ1) is 19.7. The summed E-state index contributed by atoms with van der Waals surface area (Å²) < 4.78 is 22.6. The van der Waals surface area contributed by atoms with Gasteiger partial charge < -0.3 is 18.9 Å². The monoisotopic (exact) mass is 489 g/mol. The second-order valence-electron chi connectivity index (χ2n) is 5.38. The SMILES string of the molecule is COC=CC(=O)Oc1ccccc1Oc1cccc(Oc2ncccc2I)c1. The van der Waals surface area contributed by atoms with Gasteiger partial charge in [-0.05, 0) is 59.0 Å². The van der Waals surface area contributed by atoms with Crippen molar-refractivity contribution in [2.45, 2.75) is 0 Å². The van der Waals surface area contributed by atoms with Crippen LogP contribution in [0.15, 0.2) is 79.2 Å². The molecule has 3 aromatic rings. The maximum absolute atomic E-state index is 11.8. The maximum atomic E-state index is 11.8. The molecule has 1 heterocycles. The summed E-state index contributed by atoms with van der Waals surface area (Å²) >= 11 is 2.16.